The molecule has 0 aromatic heterocycles. The number of sulfone groups is 1. The first-order chi connectivity index (χ1) is 12.5. The minimum absolute atomic E-state index is 0.126. The number of aryl methyl sites for hydroxylation is 1. The molecule has 7 heteroatoms. The van der Waals surface area contributed by atoms with Crippen LogP contribution < -0.4 is 5.73 Å². The number of aliphatic imine (C=N–C) groups is 1. The van der Waals surface area contributed by atoms with Crippen molar-refractivity contribution in [3.8, 4) is 0 Å². The van der Waals surface area contributed by atoms with Gasteiger partial charge in [0.05, 0.1) is 5.75 Å². The molecule has 2 aromatic carbocycles. The fourth-order valence-corrected chi connectivity index (χ4v) is 5.64. The Morgan fingerprint density at radius 3 is 2.48 bits per heavy atom. The van der Waals surface area contributed by atoms with E-state index < -0.39 is 37.5 Å². The number of nitrogens with zero attached hydrogens (tertiary/aromatic N) is 1. The van der Waals surface area contributed by atoms with Gasteiger partial charge < -0.3 is 5.73 Å². The number of hydrogen-bond acceptors (Lipinski definition) is 4. The molecule has 2 aromatic rings. The van der Waals surface area contributed by atoms with Crippen LogP contribution in [0.5, 0.6) is 0 Å². The van der Waals surface area contributed by atoms with Crippen LogP contribution in [0.25, 0.3) is 0 Å². The second kappa shape index (κ2) is 6.41. The van der Waals surface area contributed by atoms with E-state index in [0.717, 1.165) is 30.2 Å². The van der Waals surface area contributed by atoms with Crippen LogP contribution in [-0.2, 0) is 26.5 Å². The van der Waals surface area contributed by atoms with E-state index in [-0.39, 0.29) is 11.4 Å². The molecule has 0 unspecified atom stereocenters. The Morgan fingerprint density at radius 1 is 1.15 bits per heavy atom. The van der Waals surface area contributed by atoms with Gasteiger partial charge in [-0.1, -0.05) is 31.2 Å². The van der Waals surface area contributed by atoms with Crippen LogP contribution in [-0.4, -0.2) is 20.0 Å². The van der Waals surface area contributed by atoms with Crippen LogP contribution in [0, 0.1) is 11.6 Å². The smallest absolute Gasteiger partial charge is 0.169 e. The molecule has 1 aliphatic heterocycles. The summed E-state index contributed by atoms with van der Waals surface area (Å²) in [5, 5.41) is 0. The van der Waals surface area contributed by atoms with Gasteiger partial charge in [0, 0.05) is 5.56 Å². The highest BCUT2D eigenvalue weighted by Crippen LogP contribution is 2.42. The average molecular weight is 392 g/mol. The van der Waals surface area contributed by atoms with E-state index in [2.05, 4.69) is 4.99 Å². The van der Waals surface area contributed by atoms with Gasteiger partial charge in [0.15, 0.2) is 14.6 Å². The molecule has 1 heterocycles. The van der Waals surface area contributed by atoms with E-state index >= 15 is 0 Å². The SMILES string of the molecule is CCc1cccc([C@@]2(C)C(N)=N[C@](C)(c3cc(F)ccc3F)CS2(=O)=O)c1. The van der Waals surface area contributed by atoms with Crippen molar-refractivity contribution >= 4 is 15.7 Å². The van der Waals surface area contributed by atoms with Gasteiger partial charge in [-0.05, 0) is 49.6 Å². The minimum atomic E-state index is -3.88. The standard InChI is InChI=1S/C20H22F2N2O2S/c1-4-13-6-5-7-14(10-13)20(3)18(23)24-19(2,12-27(20,25)26)16-11-15(21)8-9-17(16)22/h5-11H,4,12H2,1-3H3,(H2,23,24)/t19-,20-/m0/s1. The Kier molecular flexibility index (Phi) is 4.62. The Bertz CT molecular complexity index is 1040. The molecule has 0 spiro atoms. The number of nitrogens with two attached hydrogens (primary N) is 1. The summed E-state index contributed by atoms with van der Waals surface area (Å²) in [4.78, 5) is 4.38. The summed E-state index contributed by atoms with van der Waals surface area (Å²) >= 11 is 0. The topological polar surface area (TPSA) is 72.5 Å². The van der Waals surface area contributed by atoms with Crippen molar-refractivity contribution in [1.29, 1.82) is 0 Å². The Balaban J connectivity index is 2.22. The average Bonchev–Trinajstić information content (AvgIpc) is 2.61. The van der Waals surface area contributed by atoms with Gasteiger partial charge in [-0.25, -0.2) is 17.2 Å². The monoisotopic (exact) mass is 392 g/mol. The molecule has 3 rings (SSSR count). The fourth-order valence-electron chi connectivity index (χ4n) is 3.54. The van der Waals surface area contributed by atoms with Crippen molar-refractivity contribution in [2.24, 2.45) is 10.7 Å². The van der Waals surface area contributed by atoms with E-state index in [1.165, 1.54) is 13.8 Å². The molecule has 0 bridgehead atoms. The van der Waals surface area contributed by atoms with Gasteiger partial charge in [-0.2, -0.15) is 0 Å². The summed E-state index contributed by atoms with van der Waals surface area (Å²) in [7, 11) is -3.88. The lowest BCUT2D eigenvalue weighted by Crippen LogP contribution is -2.54. The van der Waals surface area contributed by atoms with Crippen LogP contribution in [0.3, 0.4) is 0 Å². The quantitative estimate of drug-likeness (QED) is 0.870. The van der Waals surface area contributed by atoms with Crippen molar-refractivity contribution in [2.75, 3.05) is 5.75 Å². The minimum Gasteiger partial charge on any atom is -0.386 e. The molecule has 4 nitrogen and oxygen atoms in total. The lowest BCUT2D eigenvalue weighted by molar-refractivity contribution is 0.468. The molecule has 2 N–H and O–H groups in total. The molecular weight excluding hydrogens is 370 g/mol. The highest BCUT2D eigenvalue weighted by molar-refractivity contribution is 7.93. The summed E-state index contributed by atoms with van der Waals surface area (Å²) in [6.07, 6.45) is 0.743. The van der Waals surface area contributed by atoms with Gasteiger partial charge in [0.25, 0.3) is 0 Å². The molecule has 27 heavy (non-hydrogen) atoms. The number of rotatable bonds is 3. The molecule has 144 valence electrons. The highest BCUT2D eigenvalue weighted by Gasteiger charge is 2.53. The van der Waals surface area contributed by atoms with E-state index in [1.807, 2.05) is 13.0 Å². The summed E-state index contributed by atoms with van der Waals surface area (Å²) in [6, 6.07) is 10.1. The molecule has 0 radical (unpaired) electrons. The molecular formula is C20H22F2N2O2S. The van der Waals surface area contributed by atoms with E-state index in [0.29, 0.717) is 5.56 Å². The van der Waals surface area contributed by atoms with Crippen molar-refractivity contribution < 1.29 is 17.2 Å². The molecule has 1 aliphatic rings. The maximum atomic E-state index is 14.3. The normalized spacial score (nSPS) is 27.2. The summed E-state index contributed by atoms with van der Waals surface area (Å²) in [6.45, 7) is 4.94. The molecule has 0 saturated heterocycles. The number of halogens is 2. The predicted molar refractivity (Wildman–Crippen MR) is 102 cm³/mol. The Morgan fingerprint density at radius 2 is 1.85 bits per heavy atom. The van der Waals surface area contributed by atoms with Crippen LogP contribution >= 0.6 is 0 Å². The van der Waals surface area contributed by atoms with E-state index in [9.17, 15) is 17.2 Å². The third-order valence-electron chi connectivity index (χ3n) is 5.34. The zero-order valence-electron chi connectivity index (χ0n) is 15.5. The van der Waals surface area contributed by atoms with Crippen LogP contribution in [0.1, 0.15) is 37.5 Å². The van der Waals surface area contributed by atoms with Gasteiger partial charge in [0.1, 0.15) is 23.0 Å². The van der Waals surface area contributed by atoms with Crippen molar-refractivity contribution in [1.82, 2.24) is 0 Å². The number of benzene rings is 2. The molecule has 0 aliphatic carbocycles. The molecule has 2 atom stereocenters. The summed E-state index contributed by atoms with van der Waals surface area (Å²) in [5.41, 5.74) is 6.03. The fraction of sp³-hybridized carbons (Fsp3) is 0.350. The predicted octanol–water partition coefficient (Wildman–Crippen LogP) is 3.44. The molecule has 0 fully saturated rings. The van der Waals surface area contributed by atoms with Crippen LogP contribution in [0.4, 0.5) is 8.78 Å². The second-order valence-corrected chi connectivity index (χ2v) is 9.58. The van der Waals surface area contributed by atoms with Gasteiger partial charge >= 0.3 is 0 Å². The van der Waals surface area contributed by atoms with Gasteiger partial charge in [0.2, 0.25) is 0 Å². The zero-order valence-corrected chi connectivity index (χ0v) is 16.3. The van der Waals surface area contributed by atoms with Crippen molar-refractivity contribution in [2.45, 2.75) is 37.5 Å². The highest BCUT2D eigenvalue weighted by atomic mass is 32.2. The lowest BCUT2D eigenvalue weighted by Gasteiger charge is -2.40. The van der Waals surface area contributed by atoms with Gasteiger partial charge in [-0.15, -0.1) is 0 Å². The Hall–Kier alpha value is -2.28. The largest absolute Gasteiger partial charge is 0.386 e. The zero-order chi connectivity index (χ0) is 20.0. The first-order valence-electron chi connectivity index (χ1n) is 8.66. The number of amidine groups is 1. The van der Waals surface area contributed by atoms with Gasteiger partial charge in [-0.3, -0.25) is 4.99 Å². The number of hydrogen-bond donors (Lipinski definition) is 1. The first kappa shape index (κ1) is 19.5. The maximum Gasteiger partial charge on any atom is 0.169 e. The first-order valence-corrected chi connectivity index (χ1v) is 10.3. The third-order valence-corrected chi connectivity index (χ3v) is 7.97. The van der Waals surface area contributed by atoms with E-state index in [4.69, 9.17) is 5.73 Å². The van der Waals surface area contributed by atoms with Crippen LogP contribution in [0.15, 0.2) is 47.5 Å². The molecule has 0 saturated carbocycles. The lowest BCUT2D eigenvalue weighted by atomic mass is 9.91. The summed E-state index contributed by atoms with van der Waals surface area (Å²) < 4.78 is 53.1. The van der Waals surface area contributed by atoms with E-state index in [1.54, 1.807) is 18.2 Å². The molecule has 0 amide bonds. The summed E-state index contributed by atoms with van der Waals surface area (Å²) in [5.74, 6) is -1.99. The Labute approximate surface area is 158 Å². The third kappa shape index (κ3) is 3.04. The van der Waals surface area contributed by atoms with Crippen molar-refractivity contribution in [3.63, 3.8) is 0 Å². The van der Waals surface area contributed by atoms with Crippen LogP contribution in [0.2, 0.25) is 0 Å². The van der Waals surface area contributed by atoms with Crippen molar-refractivity contribution in [3.05, 3.63) is 70.8 Å². The maximum absolute atomic E-state index is 14.3. The second-order valence-electron chi connectivity index (χ2n) is 7.24.